The number of anilines is 2. The molecule has 3 N–H and O–H groups in total. The molecule has 116 valence electrons. The van der Waals surface area contributed by atoms with Crippen molar-refractivity contribution >= 4 is 21.4 Å². The maximum atomic E-state index is 12.0. The average molecular weight is 309 g/mol. The molecule has 0 aromatic heterocycles. The van der Waals surface area contributed by atoms with Gasteiger partial charge >= 0.3 is 0 Å². The van der Waals surface area contributed by atoms with Crippen LogP contribution in [0.15, 0.2) is 34.7 Å². The summed E-state index contributed by atoms with van der Waals surface area (Å²) >= 11 is 0. The monoisotopic (exact) mass is 309 g/mol. The lowest BCUT2D eigenvalue weighted by Crippen LogP contribution is -2.22. The van der Waals surface area contributed by atoms with Gasteiger partial charge in [-0.15, -0.1) is 0 Å². The number of sulfonamides is 1. The maximum absolute atomic E-state index is 12.0. The molecule has 0 radical (unpaired) electrons. The largest absolute Gasteiger partial charge is 0.397 e. The van der Waals surface area contributed by atoms with Crippen LogP contribution in [0.3, 0.4) is 0 Å². The maximum Gasteiger partial charge on any atom is 0.242 e. The molecule has 5 nitrogen and oxygen atoms in total. The Balaban J connectivity index is 2.02. The smallest absolute Gasteiger partial charge is 0.242 e. The number of nitrogens with zero attached hydrogens (tertiary/aromatic N) is 1. The number of nitrogens with one attached hydrogen (secondary N) is 1. The van der Waals surface area contributed by atoms with Crippen molar-refractivity contribution in [3.63, 3.8) is 0 Å². The summed E-state index contributed by atoms with van der Waals surface area (Å²) in [4.78, 5) is 0.217. The molecule has 0 bridgehead atoms. The highest BCUT2D eigenvalue weighted by Crippen LogP contribution is 2.25. The first-order chi connectivity index (χ1) is 9.91. The van der Waals surface area contributed by atoms with Crippen molar-refractivity contribution in [3.8, 4) is 0 Å². The molecule has 0 saturated carbocycles. The Morgan fingerprint density at radius 1 is 1.33 bits per heavy atom. The van der Waals surface area contributed by atoms with E-state index in [1.54, 1.807) is 12.1 Å². The van der Waals surface area contributed by atoms with Gasteiger partial charge < -0.3 is 11.1 Å². The van der Waals surface area contributed by atoms with Crippen molar-refractivity contribution in [2.24, 2.45) is 0 Å². The molecule has 0 atom stereocenters. The molecule has 1 aromatic carbocycles. The van der Waals surface area contributed by atoms with Crippen LogP contribution < -0.4 is 11.1 Å². The lowest BCUT2D eigenvalue weighted by molar-refractivity contribution is 0.521. The van der Waals surface area contributed by atoms with Crippen LogP contribution in [-0.4, -0.2) is 33.4 Å². The fourth-order valence-corrected chi connectivity index (χ4v) is 3.33. The van der Waals surface area contributed by atoms with Crippen LogP contribution in [0.1, 0.15) is 25.7 Å². The van der Waals surface area contributed by atoms with Gasteiger partial charge in [-0.1, -0.05) is 11.6 Å². The second-order valence-corrected chi connectivity index (χ2v) is 7.62. The van der Waals surface area contributed by atoms with E-state index in [9.17, 15) is 8.42 Å². The van der Waals surface area contributed by atoms with Crippen molar-refractivity contribution in [2.75, 3.05) is 31.7 Å². The van der Waals surface area contributed by atoms with Gasteiger partial charge in [0.1, 0.15) is 0 Å². The summed E-state index contributed by atoms with van der Waals surface area (Å²) < 4.78 is 25.2. The Morgan fingerprint density at radius 2 is 2.10 bits per heavy atom. The molecule has 0 aliphatic heterocycles. The van der Waals surface area contributed by atoms with E-state index in [1.165, 1.54) is 49.3 Å². The zero-order valence-electron chi connectivity index (χ0n) is 12.6. The molecule has 1 aliphatic rings. The van der Waals surface area contributed by atoms with Crippen LogP contribution in [-0.2, 0) is 10.0 Å². The fraction of sp³-hybridized carbons (Fsp3) is 0.467. The molecule has 2 rings (SSSR count). The van der Waals surface area contributed by atoms with Crippen molar-refractivity contribution in [2.45, 2.75) is 30.6 Å². The standard InChI is InChI=1S/C15H23N3O2S/c1-18(2)21(19,20)13-7-8-15(14(16)11-13)17-10-9-12-5-3-4-6-12/h5,7-8,11,17H,3-4,6,9-10,16H2,1-2H3. The van der Waals surface area contributed by atoms with Gasteiger partial charge in [0.25, 0.3) is 0 Å². The lowest BCUT2D eigenvalue weighted by Gasteiger charge is -2.14. The Bertz CT molecular complexity index is 636. The van der Waals surface area contributed by atoms with E-state index < -0.39 is 10.0 Å². The zero-order valence-corrected chi connectivity index (χ0v) is 13.4. The SMILES string of the molecule is CN(C)S(=O)(=O)c1ccc(NCCC2=CCCC2)c(N)c1. The van der Waals surface area contributed by atoms with E-state index >= 15 is 0 Å². The summed E-state index contributed by atoms with van der Waals surface area (Å²) in [5, 5.41) is 3.27. The number of nitrogens with two attached hydrogens (primary N) is 1. The van der Waals surface area contributed by atoms with Gasteiger partial charge in [-0.3, -0.25) is 0 Å². The van der Waals surface area contributed by atoms with Crippen LogP contribution in [0, 0.1) is 0 Å². The summed E-state index contributed by atoms with van der Waals surface area (Å²) in [7, 11) is -0.419. The summed E-state index contributed by atoms with van der Waals surface area (Å²) in [6, 6.07) is 4.82. The van der Waals surface area contributed by atoms with Crippen LogP contribution in [0.2, 0.25) is 0 Å². The molecule has 21 heavy (non-hydrogen) atoms. The van der Waals surface area contributed by atoms with E-state index in [-0.39, 0.29) is 4.90 Å². The normalized spacial score (nSPS) is 15.3. The third-order valence-electron chi connectivity index (χ3n) is 3.70. The molecule has 0 saturated heterocycles. The summed E-state index contributed by atoms with van der Waals surface area (Å²) in [6.07, 6.45) is 6.95. The predicted octanol–water partition coefficient (Wildman–Crippen LogP) is 2.43. The van der Waals surface area contributed by atoms with Gasteiger partial charge in [-0.2, -0.15) is 0 Å². The first kappa shape index (κ1) is 15.9. The molecular weight excluding hydrogens is 286 g/mol. The number of rotatable bonds is 6. The van der Waals surface area contributed by atoms with Gasteiger partial charge in [0.2, 0.25) is 10.0 Å². The minimum atomic E-state index is -3.43. The highest BCUT2D eigenvalue weighted by Gasteiger charge is 2.18. The zero-order chi connectivity index (χ0) is 15.5. The minimum Gasteiger partial charge on any atom is -0.397 e. The van der Waals surface area contributed by atoms with Crippen LogP contribution in [0.4, 0.5) is 11.4 Å². The average Bonchev–Trinajstić information content (AvgIpc) is 2.93. The molecule has 0 fully saturated rings. The number of benzene rings is 1. The van der Waals surface area contributed by atoms with Crippen molar-refractivity contribution in [3.05, 3.63) is 29.8 Å². The molecule has 6 heteroatoms. The second-order valence-electron chi connectivity index (χ2n) is 5.47. The van der Waals surface area contributed by atoms with Crippen LogP contribution >= 0.6 is 0 Å². The molecule has 0 heterocycles. The van der Waals surface area contributed by atoms with Crippen molar-refractivity contribution in [1.29, 1.82) is 0 Å². The van der Waals surface area contributed by atoms with Gasteiger partial charge in [-0.25, -0.2) is 12.7 Å². The third-order valence-corrected chi connectivity index (χ3v) is 5.51. The van der Waals surface area contributed by atoms with Crippen LogP contribution in [0.5, 0.6) is 0 Å². The van der Waals surface area contributed by atoms with E-state index in [1.807, 2.05) is 0 Å². The van der Waals surface area contributed by atoms with Crippen molar-refractivity contribution < 1.29 is 8.42 Å². The Morgan fingerprint density at radius 3 is 2.67 bits per heavy atom. The molecular formula is C15H23N3O2S. The van der Waals surface area contributed by atoms with E-state index in [2.05, 4.69) is 11.4 Å². The molecule has 0 amide bonds. The Labute approximate surface area is 126 Å². The molecule has 1 aromatic rings. The topological polar surface area (TPSA) is 75.4 Å². The number of hydrogen-bond acceptors (Lipinski definition) is 4. The second kappa shape index (κ2) is 6.49. The summed E-state index contributed by atoms with van der Waals surface area (Å²) in [5.74, 6) is 0. The third kappa shape index (κ3) is 3.77. The number of hydrogen-bond donors (Lipinski definition) is 2. The quantitative estimate of drug-likeness (QED) is 0.625. The van der Waals surface area contributed by atoms with Gasteiger partial charge in [-0.05, 0) is 43.9 Å². The van der Waals surface area contributed by atoms with Gasteiger partial charge in [0, 0.05) is 20.6 Å². The van der Waals surface area contributed by atoms with Gasteiger partial charge in [0.05, 0.1) is 16.3 Å². The Kier molecular flexibility index (Phi) is 4.90. The lowest BCUT2D eigenvalue weighted by atomic mass is 10.1. The van der Waals surface area contributed by atoms with Gasteiger partial charge in [0.15, 0.2) is 0 Å². The molecule has 0 unspecified atom stereocenters. The number of nitrogen functional groups attached to an aromatic ring is 1. The molecule has 1 aliphatic carbocycles. The summed E-state index contributed by atoms with van der Waals surface area (Å²) in [5.41, 5.74) is 8.69. The first-order valence-corrected chi connectivity index (χ1v) is 8.59. The highest BCUT2D eigenvalue weighted by molar-refractivity contribution is 7.89. The fourth-order valence-electron chi connectivity index (χ4n) is 2.40. The van der Waals surface area contributed by atoms with Crippen molar-refractivity contribution in [1.82, 2.24) is 4.31 Å². The van der Waals surface area contributed by atoms with Crippen LogP contribution in [0.25, 0.3) is 0 Å². The Hall–Kier alpha value is -1.53. The number of allylic oxidation sites excluding steroid dienone is 1. The molecule has 0 spiro atoms. The first-order valence-electron chi connectivity index (χ1n) is 7.15. The predicted molar refractivity (Wildman–Crippen MR) is 86.8 cm³/mol. The highest BCUT2D eigenvalue weighted by atomic mass is 32.2. The van der Waals surface area contributed by atoms with E-state index in [0.29, 0.717) is 5.69 Å². The van der Waals surface area contributed by atoms with E-state index in [0.717, 1.165) is 18.7 Å². The minimum absolute atomic E-state index is 0.217. The van der Waals surface area contributed by atoms with E-state index in [4.69, 9.17) is 5.73 Å². The summed E-state index contributed by atoms with van der Waals surface area (Å²) in [6.45, 7) is 0.815.